The van der Waals surface area contributed by atoms with Crippen molar-refractivity contribution in [3.05, 3.63) is 0 Å². The summed E-state index contributed by atoms with van der Waals surface area (Å²) in [6, 6.07) is -0.897. The molecule has 2 rings (SSSR count). The van der Waals surface area contributed by atoms with E-state index in [1.54, 1.807) is 4.90 Å². The Morgan fingerprint density at radius 2 is 1.85 bits per heavy atom. The lowest BCUT2D eigenvalue weighted by Gasteiger charge is -2.28. The zero-order valence-corrected chi connectivity index (χ0v) is 12.2. The van der Waals surface area contributed by atoms with Gasteiger partial charge in [0.25, 0.3) is 0 Å². The van der Waals surface area contributed by atoms with Crippen LogP contribution < -0.4 is 0 Å². The maximum absolute atomic E-state index is 12.5. The number of rotatable bonds is 2. The second kappa shape index (κ2) is 5.57. The van der Waals surface area contributed by atoms with Crippen LogP contribution in [-0.4, -0.2) is 88.8 Å². The molecule has 4 atom stereocenters. The zero-order valence-electron chi connectivity index (χ0n) is 12.2. The van der Waals surface area contributed by atoms with Crippen molar-refractivity contribution in [1.29, 1.82) is 0 Å². The van der Waals surface area contributed by atoms with Gasteiger partial charge in [0.15, 0.2) is 0 Å². The predicted molar refractivity (Wildman–Crippen MR) is 72.4 cm³/mol. The molecule has 0 radical (unpaired) electrons. The van der Waals surface area contributed by atoms with E-state index in [9.17, 15) is 14.7 Å². The number of carboxylic acid groups (broad SMARTS) is 1. The molecule has 114 valence electrons. The Labute approximate surface area is 118 Å². The number of urea groups is 1. The van der Waals surface area contributed by atoms with E-state index in [0.29, 0.717) is 19.0 Å². The molecule has 2 saturated heterocycles. The summed E-state index contributed by atoms with van der Waals surface area (Å²) in [5, 5.41) is 18.8. The molecule has 0 aliphatic carbocycles. The summed E-state index contributed by atoms with van der Waals surface area (Å²) in [7, 11) is 3.96. The van der Waals surface area contributed by atoms with Crippen molar-refractivity contribution in [2.45, 2.75) is 31.5 Å². The van der Waals surface area contributed by atoms with Crippen LogP contribution in [0.15, 0.2) is 0 Å². The monoisotopic (exact) mass is 285 g/mol. The fourth-order valence-electron chi connectivity index (χ4n) is 3.22. The molecule has 0 aromatic heterocycles. The molecule has 2 unspecified atom stereocenters. The fourth-order valence-corrected chi connectivity index (χ4v) is 3.22. The predicted octanol–water partition coefficient (Wildman–Crippen LogP) is -0.492. The summed E-state index contributed by atoms with van der Waals surface area (Å²) in [4.78, 5) is 28.7. The molecule has 7 heteroatoms. The maximum atomic E-state index is 12.5. The van der Waals surface area contributed by atoms with E-state index in [4.69, 9.17) is 5.11 Å². The lowest BCUT2D eigenvalue weighted by molar-refractivity contribution is -0.141. The van der Waals surface area contributed by atoms with Crippen molar-refractivity contribution in [1.82, 2.24) is 14.7 Å². The number of aliphatic hydroxyl groups excluding tert-OH is 1. The lowest BCUT2D eigenvalue weighted by atomic mass is 10.1. The Morgan fingerprint density at radius 1 is 1.20 bits per heavy atom. The smallest absolute Gasteiger partial charge is 0.326 e. The van der Waals surface area contributed by atoms with Gasteiger partial charge in [0.05, 0.1) is 6.10 Å². The van der Waals surface area contributed by atoms with Crippen molar-refractivity contribution < 1.29 is 19.8 Å². The highest BCUT2D eigenvalue weighted by Crippen LogP contribution is 2.25. The van der Waals surface area contributed by atoms with Crippen LogP contribution in [0.5, 0.6) is 0 Å². The summed E-state index contributed by atoms with van der Waals surface area (Å²) in [5.41, 5.74) is 0. The summed E-state index contributed by atoms with van der Waals surface area (Å²) in [6.07, 6.45) is -0.633. The number of likely N-dealkylation sites (N-methyl/N-ethyl adjacent to an activating group) is 1. The first-order chi connectivity index (χ1) is 9.31. The third-order valence-corrected chi connectivity index (χ3v) is 4.32. The van der Waals surface area contributed by atoms with Gasteiger partial charge in [-0.3, -0.25) is 0 Å². The van der Waals surface area contributed by atoms with E-state index in [-0.39, 0.29) is 25.0 Å². The molecule has 2 heterocycles. The Bertz CT molecular complexity index is 401. The van der Waals surface area contributed by atoms with Crippen molar-refractivity contribution in [3.8, 4) is 0 Å². The van der Waals surface area contributed by atoms with Crippen LogP contribution in [0.3, 0.4) is 0 Å². The van der Waals surface area contributed by atoms with Gasteiger partial charge < -0.3 is 24.9 Å². The third kappa shape index (κ3) is 2.73. The van der Waals surface area contributed by atoms with Gasteiger partial charge in [0, 0.05) is 32.1 Å². The van der Waals surface area contributed by atoms with Gasteiger partial charge in [-0.25, -0.2) is 9.59 Å². The molecule has 2 N–H and O–H groups in total. The molecule has 2 aliphatic rings. The van der Waals surface area contributed by atoms with E-state index < -0.39 is 18.1 Å². The number of aliphatic hydroxyl groups is 1. The molecule has 0 spiro atoms. The summed E-state index contributed by atoms with van der Waals surface area (Å²) >= 11 is 0. The van der Waals surface area contributed by atoms with Gasteiger partial charge in [0.1, 0.15) is 6.04 Å². The van der Waals surface area contributed by atoms with Crippen LogP contribution in [-0.2, 0) is 4.79 Å². The number of carbonyl (C=O) groups is 2. The molecule has 2 aliphatic heterocycles. The highest BCUT2D eigenvalue weighted by Gasteiger charge is 2.43. The third-order valence-electron chi connectivity index (χ3n) is 4.32. The number of β-amino-alcohol motifs (C(OH)–C–C–N with tert-alkyl or cyclic N) is 1. The molecule has 20 heavy (non-hydrogen) atoms. The normalized spacial score (nSPS) is 34.0. The van der Waals surface area contributed by atoms with Crippen LogP contribution in [0.4, 0.5) is 4.79 Å². The van der Waals surface area contributed by atoms with Gasteiger partial charge in [-0.05, 0) is 20.0 Å². The minimum Gasteiger partial charge on any atom is -0.480 e. The van der Waals surface area contributed by atoms with Crippen molar-refractivity contribution in [2.24, 2.45) is 5.92 Å². The van der Waals surface area contributed by atoms with Crippen LogP contribution >= 0.6 is 0 Å². The highest BCUT2D eigenvalue weighted by atomic mass is 16.4. The quantitative estimate of drug-likeness (QED) is 0.715. The first-order valence-corrected chi connectivity index (χ1v) is 6.94. The average Bonchev–Trinajstić information content (AvgIpc) is 2.91. The standard InChI is InChI=1S/C13H23N3O4/c1-8-5-15(7-11(8)14(2)3)13(20)16-6-9(17)4-10(16)12(18)19/h8-11,17H,4-7H2,1-3H3,(H,18,19)/t8?,9-,10-,11?/m1/s1. The second-order valence-electron chi connectivity index (χ2n) is 6.09. The highest BCUT2D eigenvalue weighted by molar-refractivity contribution is 5.83. The van der Waals surface area contributed by atoms with Crippen molar-refractivity contribution in [3.63, 3.8) is 0 Å². The number of likely N-dealkylation sites (tertiary alicyclic amines) is 2. The zero-order chi connectivity index (χ0) is 15.0. The Morgan fingerprint density at radius 3 is 2.35 bits per heavy atom. The Hall–Kier alpha value is -1.34. The Kier molecular flexibility index (Phi) is 4.19. The summed E-state index contributed by atoms with van der Waals surface area (Å²) < 4.78 is 0. The first-order valence-electron chi connectivity index (χ1n) is 6.94. The van der Waals surface area contributed by atoms with Gasteiger partial charge in [-0.15, -0.1) is 0 Å². The van der Waals surface area contributed by atoms with E-state index in [2.05, 4.69) is 11.8 Å². The topological polar surface area (TPSA) is 84.3 Å². The van der Waals surface area contributed by atoms with E-state index in [1.165, 1.54) is 4.90 Å². The molecule has 0 aromatic carbocycles. The van der Waals surface area contributed by atoms with E-state index >= 15 is 0 Å². The molecule has 0 bridgehead atoms. The molecule has 0 saturated carbocycles. The molecule has 7 nitrogen and oxygen atoms in total. The summed E-state index contributed by atoms with van der Waals surface area (Å²) in [6.45, 7) is 3.42. The minimum atomic E-state index is -1.05. The number of aliphatic carboxylic acids is 1. The SMILES string of the molecule is CC1CN(C(=O)N2C[C@H](O)C[C@@H]2C(=O)O)CC1N(C)C. The van der Waals surface area contributed by atoms with Crippen LogP contribution in [0.25, 0.3) is 0 Å². The Balaban J connectivity index is 2.06. The van der Waals surface area contributed by atoms with E-state index in [1.807, 2.05) is 14.1 Å². The molecule has 2 fully saturated rings. The molecule has 0 aromatic rings. The van der Waals surface area contributed by atoms with Gasteiger partial charge in [0.2, 0.25) is 0 Å². The van der Waals surface area contributed by atoms with Crippen molar-refractivity contribution in [2.75, 3.05) is 33.7 Å². The first kappa shape index (κ1) is 15.1. The van der Waals surface area contributed by atoms with Gasteiger partial charge in [-0.2, -0.15) is 0 Å². The van der Waals surface area contributed by atoms with Crippen LogP contribution in [0.1, 0.15) is 13.3 Å². The number of hydrogen-bond acceptors (Lipinski definition) is 4. The van der Waals surface area contributed by atoms with Gasteiger partial charge >= 0.3 is 12.0 Å². The summed E-state index contributed by atoms with van der Waals surface area (Å²) in [5.74, 6) is -0.698. The number of hydrogen-bond donors (Lipinski definition) is 2. The fraction of sp³-hybridized carbons (Fsp3) is 0.846. The second-order valence-corrected chi connectivity index (χ2v) is 6.09. The molecular weight excluding hydrogens is 262 g/mol. The largest absolute Gasteiger partial charge is 0.480 e. The van der Waals surface area contributed by atoms with Crippen LogP contribution in [0.2, 0.25) is 0 Å². The van der Waals surface area contributed by atoms with Crippen molar-refractivity contribution >= 4 is 12.0 Å². The van der Waals surface area contributed by atoms with E-state index in [0.717, 1.165) is 0 Å². The maximum Gasteiger partial charge on any atom is 0.326 e. The van der Waals surface area contributed by atoms with Gasteiger partial charge in [-0.1, -0.05) is 6.92 Å². The number of carboxylic acids is 1. The molecule has 2 amide bonds. The number of carbonyl (C=O) groups excluding carboxylic acids is 1. The average molecular weight is 285 g/mol. The minimum absolute atomic E-state index is 0.104. The number of nitrogens with zero attached hydrogens (tertiary/aromatic N) is 3. The number of amides is 2. The molecular formula is C13H23N3O4. The van der Waals surface area contributed by atoms with Crippen LogP contribution in [0, 0.1) is 5.92 Å². The lowest BCUT2D eigenvalue weighted by Crippen LogP contribution is -2.48.